The number of halogens is 5. The number of rotatable bonds is 3. The summed E-state index contributed by atoms with van der Waals surface area (Å²) in [6.45, 7) is -0.925. The van der Waals surface area contributed by atoms with E-state index < -0.39 is 24.7 Å². The number of carbonyl (C=O) groups excluding carboxylic acids is 1. The fraction of sp³-hybridized carbons (Fsp3) is 0.300. The smallest absolute Gasteiger partial charge is 0.382 e. The molecule has 0 bridgehead atoms. The molecule has 0 spiro atoms. The van der Waals surface area contributed by atoms with Crippen molar-refractivity contribution in [2.75, 3.05) is 6.54 Å². The van der Waals surface area contributed by atoms with Gasteiger partial charge in [0.2, 0.25) is 0 Å². The molecule has 2 N–H and O–H groups in total. The van der Waals surface area contributed by atoms with Crippen molar-refractivity contribution in [3.8, 4) is 0 Å². The number of hydrogen-bond acceptors (Lipinski definition) is 2. The lowest BCUT2D eigenvalue weighted by Crippen LogP contribution is -2.40. The maximum atomic E-state index is 12.0. The van der Waals surface area contributed by atoms with Gasteiger partial charge in [-0.2, -0.15) is 13.2 Å². The summed E-state index contributed by atoms with van der Waals surface area (Å²) in [6, 6.07) is 4.39. The molecule has 8 heteroatoms. The summed E-state index contributed by atoms with van der Waals surface area (Å²) in [5.41, 5.74) is 0.0282. The third-order valence-corrected chi connectivity index (χ3v) is 2.83. The quantitative estimate of drug-likeness (QED) is 0.884. The second-order valence-electron chi connectivity index (χ2n) is 3.39. The van der Waals surface area contributed by atoms with Crippen LogP contribution in [-0.4, -0.2) is 29.8 Å². The Hall–Kier alpha value is -0.790. The van der Waals surface area contributed by atoms with E-state index in [2.05, 4.69) is 15.9 Å². The van der Waals surface area contributed by atoms with Crippen LogP contribution in [0.15, 0.2) is 22.7 Å². The van der Waals surface area contributed by atoms with E-state index in [4.69, 9.17) is 16.7 Å². The van der Waals surface area contributed by atoms with Gasteiger partial charge in [-0.15, -0.1) is 0 Å². The van der Waals surface area contributed by atoms with Crippen LogP contribution in [0.3, 0.4) is 0 Å². The number of hydrogen-bond donors (Lipinski definition) is 2. The predicted molar refractivity (Wildman–Crippen MR) is 63.5 cm³/mol. The molecule has 0 heterocycles. The van der Waals surface area contributed by atoms with E-state index in [0.717, 1.165) is 0 Å². The molecule has 0 radical (unpaired) electrons. The highest BCUT2D eigenvalue weighted by molar-refractivity contribution is 9.10. The second kappa shape index (κ2) is 5.90. The molecule has 0 aliphatic heterocycles. The number of benzene rings is 1. The molecule has 100 valence electrons. The minimum atomic E-state index is -4.77. The van der Waals surface area contributed by atoms with Gasteiger partial charge in [0, 0.05) is 4.47 Å². The highest BCUT2D eigenvalue weighted by Gasteiger charge is 2.38. The number of nitrogens with one attached hydrogen (secondary N) is 1. The van der Waals surface area contributed by atoms with E-state index in [9.17, 15) is 18.0 Å². The summed E-state index contributed by atoms with van der Waals surface area (Å²) in [5, 5.41) is 10.8. The lowest BCUT2D eigenvalue weighted by molar-refractivity contribution is -0.201. The van der Waals surface area contributed by atoms with Crippen molar-refractivity contribution in [2.45, 2.75) is 12.3 Å². The maximum Gasteiger partial charge on any atom is 0.416 e. The monoisotopic (exact) mass is 345 g/mol. The predicted octanol–water partition coefficient (Wildman–Crippen LogP) is 2.76. The van der Waals surface area contributed by atoms with Crippen LogP contribution in [0.1, 0.15) is 10.4 Å². The molecular formula is C10H8BrClF3NO2. The average Bonchev–Trinajstić information content (AvgIpc) is 2.27. The highest BCUT2D eigenvalue weighted by atomic mass is 79.9. The van der Waals surface area contributed by atoms with Crippen molar-refractivity contribution in [1.82, 2.24) is 5.32 Å². The first-order chi connectivity index (χ1) is 8.21. The van der Waals surface area contributed by atoms with E-state index in [-0.39, 0.29) is 10.6 Å². The van der Waals surface area contributed by atoms with Crippen molar-refractivity contribution in [3.63, 3.8) is 0 Å². The fourth-order valence-corrected chi connectivity index (χ4v) is 1.64. The van der Waals surface area contributed by atoms with Gasteiger partial charge in [0.1, 0.15) is 0 Å². The summed E-state index contributed by atoms with van der Waals surface area (Å²) in [4.78, 5) is 11.6. The Labute approximate surface area is 114 Å². The van der Waals surface area contributed by atoms with Crippen LogP contribution in [0.25, 0.3) is 0 Å². The van der Waals surface area contributed by atoms with Gasteiger partial charge in [-0.05, 0) is 18.2 Å². The van der Waals surface area contributed by atoms with Crippen molar-refractivity contribution in [2.24, 2.45) is 0 Å². The number of amides is 1. The maximum absolute atomic E-state index is 12.0. The first-order valence-corrected chi connectivity index (χ1v) is 5.87. The van der Waals surface area contributed by atoms with E-state index in [0.29, 0.717) is 4.47 Å². The van der Waals surface area contributed by atoms with Gasteiger partial charge >= 0.3 is 6.18 Å². The third-order valence-electron chi connectivity index (χ3n) is 2.01. The van der Waals surface area contributed by atoms with Gasteiger partial charge in [-0.25, -0.2) is 0 Å². The molecule has 1 amide bonds. The van der Waals surface area contributed by atoms with E-state index >= 15 is 0 Å². The number of alkyl halides is 3. The van der Waals surface area contributed by atoms with Crippen LogP contribution in [-0.2, 0) is 0 Å². The zero-order valence-electron chi connectivity index (χ0n) is 8.76. The topological polar surface area (TPSA) is 49.3 Å². The SMILES string of the molecule is O=C(NCC(O)C(F)(F)F)c1cc(Br)ccc1Cl. The molecule has 1 atom stereocenters. The normalized spacial score (nSPS) is 13.2. The van der Waals surface area contributed by atoms with Crippen LogP contribution in [0, 0.1) is 0 Å². The fourth-order valence-electron chi connectivity index (χ4n) is 1.07. The number of carbonyl (C=O) groups is 1. The van der Waals surface area contributed by atoms with E-state index in [1.54, 1.807) is 6.07 Å². The van der Waals surface area contributed by atoms with Crippen molar-refractivity contribution in [3.05, 3.63) is 33.3 Å². The Balaban J connectivity index is 2.69. The van der Waals surface area contributed by atoms with Crippen molar-refractivity contribution >= 4 is 33.4 Å². The number of aliphatic hydroxyl groups is 1. The van der Waals surface area contributed by atoms with E-state index in [1.807, 2.05) is 5.32 Å². The minimum Gasteiger partial charge on any atom is -0.382 e. The summed E-state index contributed by atoms with van der Waals surface area (Å²) in [7, 11) is 0. The molecule has 0 aliphatic carbocycles. The van der Waals surface area contributed by atoms with Gasteiger partial charge in [-0.1, -0.05) is 27.5 Å². The first-order valence-electron chi connectivity index (χ1n) is 4.70. The van der Waals surface area contributed by atoms with E-state index in [1.165, 1.54) is 12.1 Å². The standard InChI is InChI=1S/C10H8BrClF3NO2/c11-5-1-2-7(12)6(3-5)9(18)16-4-8(17)10(13,14)15/h1-3,8,17H,4H2,(H,16,18). The minimum absolute atomic E-state index is 0.0282. The molecule has 0 saturated carbocycles. The summed E-state index contributed by atoms with van der Waals surface area (Å²) in [5.74, 6) is -0.787. The highest BCUT2D eigenvalue weighted by Crippen LogP contribution is 2.22. The molecule has 1 aromatic rings. The third kappa shape index (κ3) is 4.15. The molecular weight excluding hydrogens is 338 g/mol. The van der Waals surface area contributed by atoms with Crippen LogP contribution < -0.4 is 5.32 Å². The van der Waals surface area contributed by atoms with Crippen molar-refractivity contribution in [1.29, 1.82) is 0 Å². The molecule has 0 aromatic heterocycles. The Morgan fingerprint density at radius 2 is 2.11 bits per heavy atom. The summed E-state index contributed by atoms with van der Waals surface area (Å²) >= 11 is 8.84. The Morgan fingerprint density at radius 3 is 2.67 bits per heavy atom. The average molecular weight is 347 g/mol. The second-order valence-corrected chi connectivity index (χ2v) is 4.71. The molecule has 3 nitrogen and oxygen atoms in total. The Morgan fingerprint density at radius 1 is 1.50 bits per heavy atom. The molecule has 1 unspecified atom stereocenters. The number of aliphatic hydroxyl groups excluding tert-OH is 1. The Bertz CT molecular complexity index is 453. The molecule has 0 fully saturated rings. The van der Waals surface area contributed by atoms with Gasteiger partial charge in [0.05, 0.1) is 17.1 Å². The Kier molecular flexibility index (Phi) is 5.01. The van der Waals surface area contributed by atoms with Crippen LogP contribution >= 0.6 is 27.5 Å². The van der Waals surface area contributed by atoms with Crippen LogP contribution in [0.2, 0.25) is 5.02 Å². The zero-order valence-corrected chi connectivity index (χ0v) is 11.1. The first kappa shape index (κ1) is 15.3. The molecule has 1 rings (SSSR count). The largest absolute Gasteiger partial charge is 0.416 e. The van der Waals surface area contributed by atoms with Gasteiger partial charge < -0.3 is 10.4 Å². The summed E-state index contributed by atoms with van der Waals surface area (Å²) < 4.78 is 36.6. The summed E-state index contributed by atoms with van der Waals surface area (Å²) in [6.07, 6.45) is -7.37. The van der Waals surface area contributed by atoms with Gasteiger partial charge in [-0.3, -0.25) is 4.79 Å². The molecule has 0 aliphatic rings. The molecule has 18 heavy (non-hydrogen) atoms. The van der Waals surface area contributed by atoms with Gasteiger partial charge in [0.15, 0.2) is 6.10 Å². The molecule has 1 aromatic carbocycles. The lowest BCUT2D eigenvalue weighted by Gasteiger charge is -2.15. The van der Waals surface area contributed by atoms with Crippen LogP contribution in [0.4, 0.5) is 13.2 Å². The van der Waals surface area contributed by atoms with Crippen LogP contribution in [0.5, 0.6) is 0 Å². The zero-order chi connectivity index (χ0) is 13.9. The van der Waals surface area contributed by atoms with Crippen molar-refractivity contribution < 1.29 is 23.1 Å². The van der Waals surface area contributed by atoms with Gasteiger partial charge in [0.25, 0.3) is 5.91 Å². The molecule has 0 saturated heterocycles. The lowest BCUT2D eigenvalue weighted by atomic mass is 10.2.